The quantitative estimate of drug-likeness (QED) is 0.0332. The molecule has 3 aromatic heterocycles. The van der Waals surface area contributed by atoms with Crippen molar-refractivity contribution in [1.82, 2.24) is 40.8 Å². The number of nitrogens with two attached hydrogens (primary N) is 1. The first kappa shape index (κ1) is 54.1. The van der Waals surface area contributed by atoms with E-state index in [4.69, 9.17) is 58.1 Å². The summed E-state index contributed by atoms with van der Waals surface area (Å²) in [5.41, 5.74) is 16.1. The Kier molecular flexibility index (Phi) is 20.9. The standard InChI is InChI=1S/C48H58Cl2N10O7.C2H4O2/c1-3-33-35(28-56-47(51)43(33)30-4-7-32(61)8-5-30)31-6-9-40(55-27-31)48(64)54-15-14-52-41(62)12-20-65-22-24-67-25-23-66-21-13-42(63)53-16-19-60-18-11-39(58-60)34-26-37(49)45(50)46-44(34)36-29-59(2)17-10-38(36)57-46;3-1-2-4/h4-9,26-28,57,61H,3,10-25,29H2,1-2H3,(H2,51,56)(H,52,62)(H,53,63)(H,54,64);1,4H,2H2. The predicted octanol–water partition coefficient (Wildman–Crippen LogP) is 4.52. The lowest BCUT2D eigenvalue weighted by molar-refractivity contribution is -0.123. The molecular formula is C50H62Cl2N10O9. The fraction of sp³-hybridized carbons (Fsp3) is 0.420. The van der Waals surface area contributed by atoms with Crippen molar-refractivity contribution in [2.45, 2.75) is 45.6 Å². The lowest BCUT2D eigenvalue weighted by Crippen LogP contribution is -2.35. The highest BCUT2D eigenvalue weighted by molar-refractivity contribution is 6.46. The normalized spacial score (nSPS) is 13.3. The van der Waals surface area contributed by atoms with Crippen LogP contribution < -0.4 is 21.7 Å². The van der Waals surface area contributed by atoms with E-state index in [1.807, 2.05) is 24.1 Å². The first-order chi connectivity index (χ1) is 34.4. The van der Waals surface area contributed by atoms with Crippen molar-refractivity contribution in [2.75, 3.05) is 98.3 Å². The number of anilines is 1. The maximum Gasteiger partial charge on any atom is 0.269 e. The molecule has 0 atom stereocenters. The number of aliphatic hydroxyl groups excluding tert-OH is 1. The molecule has 5 heterocycles. The number of fused-ring (bicyclic) bond motifs is 3. The molecule has 2 aliphatic heterocycles. The van der Waals surface area contributed by atoms with Gasteiger partial charge in [-0.2, -0.15) is 5.10 Å². The summed E-state index contributed by atoms with van der Waals surface area (Å²) in [6.07, 6.45) is 6.54. The number of pyridine rings is 2. The van der Waals surface area contributed by atoms with E-state index in [9.17, 15) is 19.5 Å². The SMILES string of the molecule is CCc1c(-c2ccc(C(=O)NCCNC(=O)CCOCCOCCOCCC(=O)NCCN3CCC(c4cc(Cl)c(Cl)c5[nH]c6c(c45)CN(C)CC6)=N3)nc2)cnc(N)c1-c1ccc(O)cc1.O=CCO. The van der Waals surface area contributed by atoms with Gasteiger partial charge in [-0.15, -0.1) is 0 Å². The van der Waals surface area contributed by atoms with Crippen molar-refractivity contribution in [2.24, 2.45) is 5.10 Å². The molecule has 0 radical (unpaired) electrons. The lowest BCUT2D eigenvalue weighted by atomic mass is 9.92. The number of hydrogen-bond acceptors (Lipinski definition) is 15. The van der Waals surface area contributed by atoms with E-state index in [2.05, 4.69) is 42.8 Å². The minimum Gasteiger partial charge on any atom is -0.508 e. The van der Waals surface area contributed by atoms with Crippen molar-refractivity contribution in [1.29, 1.82) is 0 Å². The molecule has 71 heavy (non-hydrogen) atoms. The molecule has 0 aliphatic carbocycles. The van der Waals surface area contributed by atoms with Crippen molar-refractivity contribution in [3.63, 3.8) is 0 Å². The summed E-state index contributed by atoms with van der Waals surface area (Å²) < 4.78 is 16.6. The molecule has 380 valence electrons. The third-order valence-electron chi connectivity index (χ3n) is 11.7. The summed E-state index contributed by atoms with van der Waals surface area (Å²) in [6, 6.07) is 12.2. The van der Waals surface area contributed by atoms with Gasteiger partial charge in [0.2, 0.25) is 11.8 Å². The van der Waals surface area contributed by atoms with Gasteiger partial charge >= 0.3 is 0 Å². The zero-order chi connectivity index (χ0) is 50.7. The number of nitrogens with one attached hydrogen (secondary N) is 4. The number of carbonyl (C=O) groups excluding carboxylic acids is 4. The van der Waals surface area contributed by atoms with Crippen LogP contribution in [-0.4, -0.2) is 157 Å². The first-order valence-electron chi connectivity index (χ1n) is 23.6. The van der Waals surface area contributed by atoms with Crippen LogP contribution in [0.2, 0.25) is 10.0 Å². The summed E-state index contributed by atoms with van der Waals surface area (Å²) in [5.74, 6) is -0.109. The van der Waals surface area contributed by atoms with Crippen LogP contribution in [0.5, 0.6) is 5.75 Å². The van der Waals surface area contributed by atoms with Crippen molar-refractivity contribution < 1.29 is 43.6 Å². The Hall–Kier alpha value is -6.19. The number of nitrogen functional groups attached to an aromatic ring is 1. The van der Waals surface area contributed by atoms with Gasteiger partial charge in [0.25, 0.3) is 5.91 Å². The number of carbonyl (C=O) groups is 4. The zero-order valence-corrected chi connectivity index (χ0v) is 41.5. The van der Waals surface area contributed by atoms with Crippen LogP contribution in [0.3, 0.4) is 0 Å². The highest BCUT2D eigenvalue weighted by atomic mass is 35.5. The van der Waals surface area contributed by atoms with Crippen LogP contribution in [0, 0.1) is 0 Å². The van der Waals surface area contributed by atoms with Gasteiger partial charge < -0.3 is 60.8 Å². The molecular weight excluding hydrogens is 956 g/mol. The van der Waals surface area contributed by atoms with E-state index in [0.717, 1.165) is 82.5 Å². The molecule has 0 spiro atoms. The van der Waals surface area contributed by atoms with E-state index < -0.39 is 0 Å². The van der Waals surface area contributed by atoms with E-state index >= 15 is 0 Å². The lowest BCUT2D eigenvalue weighted by Gasteiger charge is -2.22. The summed E-state index contributed by atoms with van der Waals surface area (Å²) in [5, 5.41) is 34.7. The summed E-state index contributed by atoms with van der Waals surface area (Å²) in [6.45, 7) is 7.61. The molecule has 0 bridgehead atoms. The number of likely N-dealkylation sites (N-methyl/N-ethyl adjacent to an activating group) is 1. The molecule has 0 saturated carbocycles. The third-order valence-corrected chi connectivity index (χ3v) is 12.5. The summed E-state index contributed by atoms with van der Waals surface area (Å²) in [7, 11) is 2.12. The topological polar surface area (TPSA) is 259 Å². The number of rotatable bonds is 24. The van der Waals surface area contributed by atoms with E-state index in [-0.39, 0.29) is 74.9 Å². The number of hydrazone groups is 1. The maximum atomic E-state index is 12.7. The summed E-state index contributed by atoms with van der Waals surface area (Å²) in [4.78, 5) is 60.9. The Labute approximate surface area is 422 Å². The van der Waals surface area contributed by atoms with Gasteiger partial charge in [0.1, 0.15) is 23.5 Å². The van der Waals surface area contributed by atoms with Crippen LogP contribution >= 0.6 is 23.2 Å². The second-order valence-electron chi connectivity index (χ2n) is 16.7. The predicted molar refractivity (Wildman–Crippen MR) is 273 cm³/mol. The molecule has 3 amide bonds. The molecule has 21 heteroatoms. The van der Waals surface area contributed by atoms with Crippen LogP contribution in [0.25, 0.3) is 33.2 Å². The Bertz CT molecular complexity index is 2630. The number of ether oxygens (including phenoxy) is 3. The molecule has 2 aliphatic rings. The fourth-order valence-corrected chi connectivity index (χ4v) is 8.62. The largest absolute Gasteiger partial charge is 0.508 e. The van der Waals surface area contributed by atoms with Crippen molar-refractivity contribution >= 4 is 69.6 Å². The van der Waals surface area contributed by atoms with Gasteiger partial charge in [-0.1, -0.05) is 48.3 Å². The maximum absolute atomic E-state index is 12.7. The highest BCUT2D eigenvalue weighted by Crippen LogP contribution is 2.40. The number of benzene rings is 2. The van der Waals surface area contributed by atoms with Gasteiger partial charge in [0.05, 0.1) is 74.1 Å². The molecule has 8 N–H and O–H groups in total. The molecule has 0 saturated heterocycles. The zero-order valence-electron chi connectivity index (χ0n) is 40.0. The minimum absolute atomic E-state index is 0.0951. The van der Waals surface area contributed by atoms with Gasteiger partial charge in [0, 0.05) is 111 Å². The molecule has 19 nitrogen and oxygen atoms in total. The number of phenols is 1. The van der Waals surface area contributed by atoms with Crippen LogP contribution in [-0.2, 0) is 48.0 Å². The average Bonchev–Trinajstić information content (AvgIpc) is 4.01. The number of aromatic nitrogens is 3. The number of halogens is 2. The smallest absolute Gasteiger partial charge is 0.269 e. The van der Waals surface area contributed by atoms with Crippen molar-refractivity contribution in [3.8, 4) is 28.0 Å². The first-order valence-corrected chi connectivity index (χ1v) is 24.3. The molecule has 5 aromatic rings. The van der Waals surface area contributed by atoms with Gasteiger partial charge in [0.15, 0.2) is 0 Å². The molecule has 0 unspecified atom stereocenters. The minimum atomic E-state index is -0.363. The number of aliphatic hydroxyl groups is 1. The number of amides is 3. The van der Waals surface area contributed by atoms with Crippen LogP contribution in [0.4, 0.5) is 5.82 Å². The second kappa shape index (κ2) is 27.4. The Morgan fingerprint density at radius 2 is 1.49 bits per heavy atom. The van der Waals surface area contributed by atoms with Gasteiger partial charge in [-0.05, 0) is 54.4 Å². The number of aromatic hydroxyl groups is 1. The Morgan fingerprint density at radius 1 is 0.845 bits per heavy atom. The molecule has 2 aromatic carbocycles. The third kappa shape index (κ3) is 15.2. The van der Waals surface area contributed by atoms with Gasteiger partial charge in [-0.3, -0.25) is 24.4 Å². The monoisotopic (exact) mass is 1020 g/mol. The second-order valence-corrected chi connectivity index (χ2v) is 17.5. The van der Waals surface area contributed by atoms with E-state index in [0.29, 0.717) is 68.1 Å². The number of hydrogen-bond donors (Lipinski definition) is 7. The number of phenolic OH excluding ortho intramolecular Hbond substituents is 1. The van der Waals surface area contributed by atoms with Crippen molar-refractivity contribution in [3.05, 3.63) is 93.0 Å². The molecule has 7 rings (SSSR count). The average molecular weight is 1020 g/mol. The Morgan fingerprint density at radius 3 is 2.14 bits per heavy atom. The highest BCUT2D eigenvalue weighted by Gasteiger charge is 2.27. The van der Waals surface area contributed by atoms with E-state index in [1.165, 1.54) is 11.3 Å². The summed E-state index contributed by atoms with van der Waals surface area (Å²) >= 11 is 13.2. The number of nitrogens with zero attached hydrogens (tertiary/aromatic N) is 5. The van der Waals surface area contributed by atoms with Crippen LogP contribution in [0.15, 0.2) is 60.0 Å². The number of aldehydes is 1. The van der Waals surface area contributed by atoms with E-state index in [1.54, 1.807) is 42.7 Å². The Balaban J connectivity index is 0.00000199. The number of aromatic amines is 1. The fourth-order valence-electron chi connectivity index (χ4n) is 8.22. The number of H-pyrrole nitrogens is 1. The van der Waals surface area contributed by atoms with Gasteiger partial charge in [-0.25, -0.2) is 4.98 Å². The molecule has 0 fully saturated rings. The van der Waals surface area contributed by atoms with Crippen LogP contribution in [0.1, 0.15) is 59.1 Å².